The highest BCUT2D eigenvalue weighted by Crippen LogP contribution is 2.34. The van der Waals surface area contributed by atoms with Crippen molar-refractivity contribution in [2.45, 2.75) is 38.0 Å². The number of carbonyl (C=O) groups is 1. The second-order valence-electron chi connectivity index (χ2n) is 9.99. The highest BCUT2D eigenvalue weighted by atomic mass is 32.2. The van der Waals surface area contributed by atoms with E-state index in [1.807, 2.05) is 0 Å². The van der Waals surface area contributed by atoms with Crippen molar-refractivity contribution in [1.29, 1.82) is 0 Å². The van der Waals surface area contributed by atoms with Crippen LogP contribution in [-0.4, -0.2) is 75.0 Å². The van der Waals surface area contributed by atoms with Gasteiger partial charge in [0.15, 0.2) is 0 Å². The van der Waals surface area contributed by atoms with Crippen LogP contribution in [0.3, 0.4) is 0 Å². The number of hydrogen-bond acceptors (Lipinski definition) is 7. The first-order chi connectivity index (χ1) is 19.3. The summed E-state index contributed by atoms with van der Waals surface area (Å²) in [5.41, 5.74) is -1.87. The number of piperidine rings is 2. The Kier molecular flexibility index (Phi) is 9.11. The molecule has 41 heavy (non-hydrogen) atoms. The van der Waals surface area contributed by atoms with E-state index in [0.717, 1.165) is 10.7 Å². The molecule has 0 radical (unpaired) electrons. The lowest BCUT2D eigenvalue weighted by atomic mass is 9.96. The number of carbonyl (C=O) groups excluding carboxylic acids is 1. The summed E-state index contributed by atoms with van der Waals surface area (Å²) in [5, 5.41) is 12.7. The summed E-state index contributed by atoms with van der Waals surface area (Å²) in [5.74, 6) is -6.61. The van der Waals surface area contributed by atoms with E-state index < -0.39 is 76.3 Å². The standard InChI is InChI=1S/C25H30F5N5O5S/c26-18-14-17(32-41(39,40)13-12-36)15-20(33-8-3-16(4-9-33)22(27)28)21(18)23(37)31-19-2-1-7-35(24(19)38)34-10-5-25(29,30)6-11-34/h1-2,7,14-16,22,32,36H,3-6,8-13H2,(H,31,37). The average molecular weight is 608 g/mol. The number of hydrogen-bond donors (Lipinski definition) is 3. The van der Waals surface area contributed by atoms with Crippen molar-refractivity contribution in [2.75, 3.05) is 58.5 Å². The molecule has 0 saturated carbocycles. The number of pyridine rings is 1. The minimum atomic E-state index is -4.06. The SMILES string of the molecule is O=C(Nc1cccn(N2CCC(F)(F)CC2)c1=O)c1c(F)cc(NS(=O)(=O)CCO)cc1N1CCC(C(F)F)CC1. The number of aromatic nitrogens is 1. The predicted molar refractivity (Wildman–Crippen MR) is 143 cm³/mol. The summed E-state index contributed by atoms with van der Waals surface area (Å²) in [6.45, 7) is -0.851. The number of alkyl halides is 4. The van der Waals surface area contributed by atoms with Gasteiger partial charge in [-0.05, 0) is 37.1 Å². The number of sulfonamides is 1. The number of anilines is 3. The van der Waals surface area contributed by atoms with Gasteiger partial charge in [-0.1, -0.05) is 0 Å². The van der Waals surface area contributed by atoms with Crippen LogP contribution < -0.4 is 25.5 Å². The number of rotatable bonds is 9. The molecule has 0 aliphatic carbocycles. The van der Waals surface area contributed by atoms with Crippen molar-refractivity contribution < 1.29 is 40.3 Å². The topological polar surface area (TPSA) is 124 Å². The van der Waals surface area contributed by atoms with E-state index in [4.69, 9.17) is 5.11 Å². The number of nitrogens with one attached hydrogen (secondary N) is 2. The summed E-state index contributed by atoms with van der Waals surface area (Å²) in [7, 11) is -4.06. The molecule has 2 saturated heterocycles. The first kappa shape index (κ1) is 30.6. The Hall–Kier alpha value is -3.40. The summed E-state index contributed by atoms with van der Waals surface area (Å²) >= 11 is 0. The third-order valence-electron chi connectivity index (χ3n) is 7.12. The van der Waals surface area contributed by atoms with Gasteiger partial charge in [-0.15, -0.1) is 0 Å². The maximum Gasteiger partial charge on any atom is 0.292 e. The van der Waals surface area contributed by atoms with Crippen LogP contribution in [0.2, 0.25) is 0 Å². The Morgan fingerprint density at radius 1 is 1.12 bits per heavy atom. The number of aliphatic hydroxyl groups is 1. The van der Waals surface area contributed by atoms with E-state index in [9.17, 15) is 35.6 Å². The van der Waals surface area contributed by atoms with Crippen LogP contribution in [0.5, 0.6) is 0 Å². The molecule has 0 bridgehead atoms. The van der Waals surface area contributed by atoms with Crippen molar-refractivity contribution in [3.63, 3.8) is 0 Å². The molecule has 10 nitrogen and oxygen atoms in total. The molecule has 0 unspecified atom stereocenters. The molecule has 1 aromatic heterocycles. The molecule has 2 aromatic rings. The van der Waals surface area contributed by atoms with E-state index in [0.29, 0.717) is 0 Å². The molecule has 3 N–H and O–H groups in total. The lowest BCUT2D eigenvalue weighted by molar-refractivity contribution is -0.0260. The fraction of sp³-hybridized carbons (Fsp3) is 0.520. The Bertz CT molecular complexity index is 1420. The van der Waals surface area contributed by atoms with Crippen LogP contribution in [0.4, 0.5) is 39.0 Å². The van der Waals surface area contributed by atoms with Crippen molar-refractivity contribution in [3.8, 4) is 0 Å². The van der Waals surface area contributed by atoms with Gasteiger partial charge in [-0.25, -0.2) is 35.0 Å². The van der Waals surface area contributed by atoms with Gasteiger partial charge in [-0.2, -0.15) is 0 Å². The van der Waals surface area contributed by atoms with E-state index in [1.165, 1.54) is 34.3 Å². The molecular formula is C25H30F5N5O5S. The predicted octanol–water partition coefficient (Wildman–Crippen LogP) is 2.82. The van der Waals surface area contributed by atoms with E-state index in [1.54, 1.807) is 0 Å². The number of aliphatic hydroxyl groups excluding tert-OH is 1. The van der Waals surface area contributed by atoms with Gasteiger partial charge in [0.05, 0.1) is 29.3 Å². The normalized spacial score (nSPS) is 18.0. The number of benzene rings is 1. The van der Waals surface area contributed by atoms with Gasteiger partial charge >= 0.3 is 0 Å². The highest BCUT2D eigenvalue weighted by Gasteiger charge is 2.35. The Balaban J connectivity index is 1.65. The van der Waals surface area contributed by atoms with Crippen LogP contribution in [0, 0.1) is 11.7 Å². The number of nitrogens with zero attached hydrogens (tertiary/aromatic N) is 3. The fourth-order valence-electron chi connectivity index (χ4n) is 4.89. The molecule has 16 heteroatoms. The van der Waals surface area contributed by atoms with Crippen LogP contribution in [0.15, 0.2) is 35.3 Å². The molecule has 3 heterocycles. The van der Waals surface area contributed by atoms with Crippen LogP contribution in [0.1, 0.15) is 36.0 Å². The second kappa shape index (κ2) is 12.2. The number of halogens is 5. The summed E-state index contributed by atoms with van der Waals surface area (Å²) in [6, 6.07) is 4.62. The zero-order valence-corrected chi connectivity index (χ0v) is 22.6. The summed E-state index contributed by atoms with van der Waals surface area (Å²) in [4.78, 5) is 27.9. The average Bonchev–Trinajstić information content (AvgIpc) is 2.89. The molecule has 2 fully saturated rings. The second-order valence-corrected chi connectivity index (χ2v) is 11.8. The minimum absolute atomic E-state index is 0.0271. The van der Waals surface area contributed by atoms with Gasteiger partial charge < -0.3 is 20.3 Å². The lowest BCUT2D eigenvalue weighted by Gasteiger charge is -2.34. The van der Waals surface area contributed by atoms with E-state index in [-0.39, 0.29) is 56.1 Å². The third kappa shape index (κ3) is 7.28. The largest absolute Gasteiger partial charge is 0.395 e. The Labute approximate surface area is 232 Å². The minimum Gasteiger partial charge on any atom is -0.395 e. The third-order valence-corrected chi connectivity index (χ3v) is 8.39. The highest BCUT2D eigenvalue weighted by molar-refractivity contribution is 7.92. The van der Waals surface area contributed by atoms with Gasteiger partial charge in [-0.3, -0.25) is 14.3 Å². The van der Waals surface area contributed by atoms with E-state index >= 15 is 4.39 Å². The van der Waals surface area contributed by atoms with Crippen LogP contribution in [0.25, 0.3) is 0 Å². The first-order valence-corrected chi connectivity index (χ1v) is 14.6. The van der Waals surface area contributed by atoms with Crippen LogP contribution >= 0.6 is 0 Å². The maximum atomic E-state index is 15.5. The molecule has 1 aromatic carbocycles. The molecule has 4 rings (SSSR count). The molecule has 2 aliphatic rings. The molecule has 0 spiro atoms. The Morgan fingerprint density at radius 2 is 1.78 bits per heavy atom. The zero-order chi connectivity index (χ0) is 29.9. The molecular weight excluding hydrogens is 577 g/mol. The summed E-state index contributed by atoms with van der Waals surface area (Å²) in [6.07, 6.45) is -2.03. The van der Waals surface area contributed by atoms with Gasteiger partial charge in [0.2, 0.25) is 16.4 Å². The fourth-order valence-corrected chi connectivity index (χ4v) is 5.71. The zero-order valence-electron chi connectivity index (χ0n) is 21.8. The van der Waals surface area contributed by atoms with E-state index in [2.05, 4.69) is 10.0 Å². The maximum absolute atomic E-state index is 15.5. The van der Waals surface area contributed by atoms with Crippen LogP contribution in [-0.2, 0) is 10.0 Å². The van der Waals surface area contributed by atoms with Gasteiger partial charge in [0.1, 0.15) is 11.5 Å². The summed E-state index contributed by atoms with van der Waals surface area (Å²) < 4.78 is 96.6. The monoisotopic (exact) mass is 607 g/mol. The van der Waals surface area contributed by atoms with Crippen molar-refractivity contribution in [1.82, 2.24) is 4.68 Å². The first-order valence-electron chi connectivity index (χ1n) is 12.9. The Morgan fingerprint density at radius 3 is 2.39 bits per heavy atom. The van der Waals surface area contributed by atoms with Gasteiger partial charge in [0, 0.05) is 51.1 Å². The molecule has 1 amide bonds. The lowest BCUT2D eigenvalue weighted by Crippen LogP contribution is -2.49. The molecule has 2 aliphatic heterocycles. The molecule has 0 atom stereocenters. The smallest absolute Gasteiger partial charge is 0.292 e. The van der Waals surface area contributed by atoms with Crippen molar-refractivity contribution >= 4 is 33.0 Å². The van der Waals surface area contributed by atoms with Crippen molar-refractivity contribution in [3.05, 3.63) is 52.2 Å². The van der Waals surface area contributed by atoms with Crippen molar-refractivity contribution in [2.24, 2.45) is 5.92 Å². The van der Waals surface area contributed by atoms with Gasteiger partial charge in [0.25, 0.3) is 17.4 Å². The number of amides is 1. The quantitative estimate of drug-likeness (QED) is 0.375. The molecule has 226 valence electrons.